The molecule has 276 valence electrons. The zero-order chi connectivity index (χ0) is 36.1. The van der Waals surface area contributed by atoms with Gasteiger partial charge >= 0.3 is 17.9 Å². The highest BCUT2D eigenvalue weighted by atomic mass is 16.5. The molecule has 0 amide bonds. The Kier molecular flexibility index (Phi) is 26.6. The van der Waals surface area contributed by atoms with Crippen molar-refractivity contribution in [3.05, 3.63) is 48.6 Å². The van der Waals surface area contributed by atoms with Crippen LogP contribution >= 0.6 is 0 Å². The van der Waals surface area contributed by atoms with E-state index in [1.54, 1.807) is 0 Å². The number of esters is 3. The van der Waals surface area contributed by atoms with Crippen molar-refractivity contribution in [2.45, 2.75) is 150 Å². The predicted octanol–water partition coefficient (Wildman–Crippen LogP) is 10.1. The molecule has 0 saturated carbocycles. The summed E-state index contributed by atoms with van der Waals surface area (Å²) in [5.74, 6) is -0.764. The van der Waals surface area contributed by atoms with E-state index in [2.05, 4.69) is 84.8 Å². The molecule has 0 aromatic heterocycles. The fraction of sp³-hybridized carbons (Fsp3) is 0.732. The van der Waals surface area contributed by atoms with Gasteiger partial charge in [0, 0.05) is 19.4 Å². The molecule has 0 saturated heterocycles. The van der Waals surface area contributed by atoms with Crippen LogP contribution in [0.3, 0.4) is 0 Å². The summed E-state index contributed by atoms with van der Waals surface area (Å²) in [6, 6.07) is 0. The quantitative estimate of drug-likeness (QED) is 0.0338. The van der Waals surface area contributed by atoms with Crippen LogP contribution in [0.15, 0.2) is 48.6 Å². The van der Waals surface area contributed by atoms with Crippen LogP contribution in [0.5, 0.6) is 0 Å². The summed E-state index contributed by atoms with van der Waals surface area (Å²) in [6.45, 7) is 14.5. The minimum atomic E-state index is -0.373. The number of carbonyl (C=O) groups is 3. The van der Waals surface area contributed by atoms with Gasteiger partial charge in [-0.2, -0.15) is 0 Å². The molecule has 0 atom stereocenters. The maximum Gasteiger partial charge on any atom is 0.306 e. The normalized spacial score (nSPS) is 12.8. The fourth-order valence-electron chi connectivity index (χ4n) is 6.08. The first kappa shape index (κ1) is 45.3. The Bertz CT molecular complexity index is 923. The lowest BCUT2D eigenvalue weighted by Crippen LogP contribution is -2.34. The first-order valence-electron chi connectivity index (χ1n) is 18.6. The first-order chi connectivity index (χ1) is 22.8. The second-order valence-electron chi connectivity index (χ2n) is 14.8. The van der Waals surface area contributed by atoms with Gasteiger partial charge in [0.1, 0.15) is 19.3 Å². The third-order valence-corrected chi connectivity index (χ3v) is 7.78. The third-order valence-electron chi connectivity index (χ3n) is 7.78. The Morgan fingerprint density at radius 3 is 1.52 bits per heavy atom. The van der Waals surface area contributed by atoms with E-state index in [0.29, 0.717) is 32.1 Å². The molecule has 0 aromatic carbocycles. The van der Waals surface area contributed by atoms with E-state index in [1.165, 1.54) is 25.7 Å². The lowest BCUT2D eigenvalue weighted by atomic mass is 9.73. The highest BCUT2D eigenvalue weighted by Crippen LogP contribution is 2.37. The van der Waals surface area contributed by atoms with Crippen LogP contribution in [0.25, 0.3) is 0 Å². The van der Waals surface area contributed by atoms with Gasteiger partial charge in [0.05, 0.1) is 6.42 Å². The smallest absolute Gasteiger partial charge is 0.306 e. The topological polar surface area (TPSA) is 82.1 Å². The molecule has 0 heterocycles. The van der Waals surface area contributed by atoms with Crippen molar-refractivity contribution in [2.24, 2.45) is 10.8 Å². The van der Waals surface area contributed by atoms with Crippen molar-refractivity contribution in [2.75, 3.05) is 33.9 Å². The third kappa shape index (κ3) is 29.5. The molecular formula is C41H71NO6. The van der Waals surface area contributed by atoms with Crippen LogP contribution < -0.4 is 0 Å². The van der Waals surface area contributed by atoms with Crippen LogP contribution in [0, 0.1) is 10.8 Å². The minimum absolute atomic E-state index is 0.0500. The van der Waals surface area contributed by atoms with Gasteiger partial charge in [-0.1, -0.05) is 116 Å². The molecule has 0 bridgehead atoms. The molecule has 0 aromatic rings. The summed E-state index contributed by atoms with van der Waals surface area (Å²) in [6.07, 6.45) is 28.5. The van der Waals surface area contributed by atoms with Gasteiger partial charge in [-0.25, -0.2) is 0 Å². The van der Waals surface area contributed by atoms with E-state index in [4.69, 9.17) is 14.2 Å². The van der Waals surface area contributed by atoms with E-state index in [9.17, 15) is 14.4 Å². The zero-order valence-corrected chi connectivity index (χ0v) is 32.0. The summed E-state index contributed by atoms with van der Waals surface area (Å²) in [5, 5.41) is 0. The minimum Gasteiger partial charge on any atom is -0.462 e. The molecule has 0 rings (SSSR count). The van der Waals surface area contributed by atoms with Gasteiger partial charge in [-0.3, -0.25) is 14.4 Å². The summed E-state index contributed by atoms with van der Waals surface area (Å²) in [7, 11) is 4.13. The van der Waals surface area contributed by atoms with Crippen LogP contribution in [-0.2, 0) is 28.6 Å². The molecule has 0 fully saturated rings. The largest absolute Gasteiger partial charge is 0.462 e. The molecule has 0 radical (unpaired) electrons. The maximum absolute atomic E-state index is 13.1. The molecular weight excluding hydrogens is 602 g/mol. The van der Waals surface area contributed by atoms with Gasteiger partial charge in [-0.05, 0) is 82.7 Å². The maximum atomic E-state index is 13.1. The standard InChI is InChI=1S/C41H71NO6/c1-9-11-13-15-17-19-21-23-31-46-37(43)29-25-27-36(48-39(45)33-40(3,4)34-41(5,6)35-42(7)8)28-26-30-38(44)47-32-24-22-20-18-16-14-12-10-2/h15-18,21-24,36H,9-14,19-20,25-35H2,1-8H3/b17-15-,18-16-,23-21-,24-22-. The Morgan fingerprint density at radius 1 is 0.625 bits per heavy atom. The van der Waals surface area contributed by atoms with Crippen molar-refractivity contribution < 1.29 is 28.6 Å². The summed E-state index contributed by atoms with van der Waals surface area (Å²) in [4.78, 5) is 40.0. The van der Waals surface area contributed by atoms with Crippen molar-refractivity contribution in [3.8, 4) is 0 Å². The first-order valence-corrected chi connectivity index (χ1v) is 18.6. The lowest BCUT2D eigenvalue weighted by Gasteiger charge is -2.36. The second kappa shape index (κ2) is 28.2. The molecule has 0 unspecified atom stereocenters. The average Bonchev–Trinajstić information content (AvgIpc) is 2.97. The number of hydrogen-bond donors (Lipinski definition) is 0. The van der Waals surface area contributed by atoms with E-state index in [0.717, 1.165) is 38.6 Å². The highest BCUT2D eigenvalue weighted by Gasteiger charge is 2.32. The van der Waals surface area contributed by atoms with Crippen LogP contribution in [0.4, 0.5) is 0 Å². The Labute approximate surface area is 294 Å². The van der Waals surface area contributed by atoms with E-state index >= 15 is 0 Å². The van der Waals surface area contributed by atoms with E-state index < -0.39 is 0 Å². The summed E-state index contributed by atoms with van der Waals surface area (Å²) < 4.78 is 16.7. The predicted molar refractivity (Wildman–Crippen MR) is 200 cm³/mol. The molecule has 7 heteroatoms. The zero-order valence-electron chi connectivity index (χ0n) is 32.0. The van der Waals surface area contributed by atoms with Crippen molar-refractivity contribution >= 4 is 17.9 Å². The van der Waals surface area contributed by atoms with Crippen molar-refractivity contribution in [1.82, 2.24) is 4.90 Å². The molecule has 48 heavy (non-hydrogen) atoms. The van der Waals surface area contributed by atoms with Crippen LogP contribution in [0.2, 0.25) is 0 Å². The highest BCUT2D eigenvalue weighted by molar-refractivity contribution is 5.71. The van der Waals surface area contributed by atoms with Gasteiger partial charge in [-0.15, -0.1) is 0 Å². The van der Waals surface area contributed by atoms with Gasteiger partial charge in [0.2, 0.25) is 0 Å². The molecule has 0 aliphatic heterocycles. The molecule has 0 aliphatic rings. The number of rotatable bonds is 29. The Balaban J connectivity index is 4.87. The molecule has 0 N–H and O–H groups in total. The van der Waals surface area contributed by atoms with Gasteiger partial charge in [0.15, 0.2) is 0 Å². The Hall–Kier alpha value is -2.67. The summed E-state index contributed by atoms with van der Waals surface area (Å²) in [5.41, 5.74) is -0.180. The Morgan fingerprint density at radius 2 is 1.08 bits per heavy atom. The SMILES string of the molecule is CCCC/C=C\C/C=C\COC(=O)CCCC(CCCC(=O)OC/C=C\C/C=C\CCCC)OC(=O)CC(C)(C)CC(C)(C)CN(C)C. The molecule has 0 aliphatic carbocycles. The monoisotopic (exact) mass is 674 g/mol. The number of unbranched alkanes of at least 4 members (excludes halogenated alkanes) is 4. The number of nitrogens with zero attached hydrogens (tertiary/aromatic N) is 1. The van der Waals surface area contributed by atoms with Crippen molar-refractivity contribution in [3.63, 3.8) is 0 Å². The number of ether oxygens (including phenoxy) is 3. The second-order valence-corrected chi connectivity index (χ2v) is 14.8. The number of carbonyl (C=O) groups excluding carboxylic acids is 3. The number of allylic oxidation sites excluding steroid dienone is 6. The van der Waals surface area contributed by atoms with Gasteiger partial charge < -0.3 is 19.1 Å². The molecule has 0 spiro atoms. The summed E-state index contributed by atoms with van der Waals surface area (Å²) >= 11 is 0. The fourth-order valence-corrected chi connectivity index (χ4v) is 6.08. The molecule has 7 nitrogen and oxygen atoms in total. The average molecular weight is 674 g/mol. The van der Waals surface area contributed by atoms with E-state index in [-0.39, 0.29) is 60.9 Å². The number of hydrogen-bond acceptors (Lipinski definition) is 7. The van der Waals surface area contributed by atoms with Crippen LogP contribution in [-0.4, -0.2) is 62.8 Å². The lowest BCUT2D eigenvalue weighted by molar-refractivity contribution is -0.152. The van der Waals surface area contributed by atoms with Crippen LogP contribution in [0.1, 0.15) is 144 Å². The van der Waals surface area contributed by atoms with Crippen molar-refractivity contribution in [1.29, 1.82) is 0 Å². The van der Waals surface area contributed by atoms with Gasteiger partial charge in [0.25, 0.3) is 0 Å². The van der Waals surface area contributed by atoms with E-state index in [1.807, 2.05) is 24.3 Å².